The predicted octanol–water partition coefficient (Wildman–Crippen LogP) is 0.393. The van der Waals surface area contributed by atoms with E-state index in [1.165, 1.54) is 14.0 Å². The molecular weight excluding hydrogens is 160 g/mol. The normalized spacial score (nSPS) is 9.50. The number of nitrogens with zero attached hydrogens (tertiary/aromatic N) is 2. The molecule has 0 bridgehead atoms. The van der Waals surface area contributed by atoms with Crippen LogP contribution in [0.1, 0.15) is 17.4 Å². The Morgan fingerprint density at radius 1 is 1.58 bits per heavy atom. The first kappa shape index (κ1) is 8.45. The van der Waals surface area contributed by atoms with Gasteiger partial charge in [-0.25, -0.2) is 4.98 Å². The molecule has 5 heteroatoms. The quantitative estimate of drug-likeness (QED) is 0.647. The summed E-state index contributed by atoms with van der Waals surface area (Å²) in [6.07, 6.45) is 1.16. The van der Waals surface area contributed by atoms with Crippen LogP contribution >= 0.6 is 0 Å². The molecule has 0 aliphatic carbocycles. The molecule has 0 unspecified atom stereocenters. The fraction of sp³-hybridized carbons (Fsp3) is 0.286. The summed E-state index contributed by atoms with van der Waals surface area (Å²) in [4.78, 5) is 18.0. The highest BCUT2D eigenvalue weighted by atomic mass is 16.5. The van der Waals surface area contributed by atoms with Crippen LogP contribution in [0.4, 0.5) is 0 Å². The van der Waals surface area contributed by atoms with Crippen molar-refractivity contribution in [2.24, 2.45) is 0 Å². The first-order chi connectivity index (χ1) is 5.66. The van der Waals surface area contributed by atoms with Crippen LogP contribution in [0.2, 0.25) is 0 Å². The maximum Gasteiger partial charge on any atom is 0.260 e. The number of carbonyl (C=O) groups excluding carboxylic acids is 1. The molecule has 0 saturated heterocycles. The van der Waals surface area contributed by atoms with Crippen molar-refractivity contribution in [2.75, 3.05) is 7.11 Å². The molecule has 0 aliphatic heterocycles. The van der Waals surface area contributed by atoms with Gasteiger partial charge in [-0.15, -0.1) is 0 Å². The summed E-state index contributed by atoms with van der Waals surface area (Å²) < 4.78 is 4.68. The Labute approximate surface area is 69.0 Å². The largest absolute Gasteiger partial charge is 0.502 e. The molecule has 1 N–H and O–H groups in total. The average molecular weight is 168 g/mol. The lowest BCUT2D eigenvalue weighted by Gasteiger charge is -2.02. The number of aromatic hydroxyl groups is 1. The summed E-state index contributed by atoms with van der Waals surface area (Å²) in [6.45, 7) is 1.31. The van der Waals surface area contributed by atoms with Crippen LogP contribution in [-0.2, 0) is 0 Å². The molecule has 0 atom stereocenters. The molecule has 0 amide bonds. The monoisotopic (exact) mass is 168 g/mol. The van der Waals surface area contributed by atoms with E-state index >= 15 is 0 Å². The lowest BCUT2D eigenvalue weighted by atomic mass is 10.3. The van der Waals surface area contributed by atoms with Gasteiger partial charge in [0.15, 0.2) is 11.5 Å². The first-order valence-corrected chi connectivity index (χ1v) is 3.25. The van der Waals surface area contributed by atoms with Crippen LogP contribution in [0.15, 0.2) is 6.33 Å². The van der Waals surface area contributed by atoms with E-state index in [2.05, 4.69) is 14.7 Å². The van der Waals surface area contributed by atoms with Crippen molar-refractivity contribution in [3.05, 3.63) is 12.0 Å². The summed E-state index contributed by atoms with van der Waals surface area (Å²) in [6, 6.07) is 0. The zero-order valence-electron chi connectivity index (χ0n) is 6.74. The molecule has 0 radical (unpaired) electrons. The second-order valence-electron chi connectivity index (χ2n) is 2.14. The molecular formula is C7H8N2O3. The minimum atomic E-state index is -0.326. The minimum absolute atomic E-state index is 0.00944. The van der Waals surface area contributed by atoms with Gasteiger partial charge < -0.3 is 9.84 Å². The summed E-state index contributed by atoms with van der Waals surface area (Å²) in [5, 5.41) is 9.29. The van der Waals surface area contributed by atoms with E-state index in [9.17, 15) is 9.90 Å². The predicted molar refractivity (Wildman–Crippen MR) is 40.3 cm³/mol. The van der Waals surface area contributed by atoms with Gasteiger partial charge in [0.25, 0.3) is 5.88 Å². The fourth-order valence-electron chi connectivity index (χ4n) is 0.770. The van der Waals surface area contributed by atoms with E-state index in [4.69, 9.17) is 0 Å². The number of hydrogen-bond acceptors (Lipinski definition) is 5. The number of methoxy groups -OCH3 is 1. The number of ketones is 1. The number of Topliss-reactive ketones (excluding diaryl/α,β-unsaturated/α-hetero) is 1. The zero-order chi connectivity index (χ0) is 9.14. The van der Waals surface area contributed by atoms with Crippen molar-refractivity contribution < 1.29 is 14.6 Å². The van der Waals surface area contributed by atoms with Gasteiger partial charge in [-0.05, 0) is 0 Å². The molecule has 0 aromatic carbocycles. The molecule has 0 fully saturated rings. The van der Waals surface area contributed by atoms with E-state index in [1.54, 1.807) is 0 Å². The Morgan fingerprint density at radius 3 is 2.75 bits per heavy atom. The highest BCUT2D eigenvalue weighted by molar-refractivity contribution is 5.95. The molecule has 1 heterocycles. The summed E-state index contributed by atoms with van der Waals surface area (Å²) in [7, 11) is 1.35. The molecule has 5 nitrogen and oxygen atoms in total. The number of rotatable bonds is 2. The van der Waals surface area contributed by atoms with Gasteiger partial charge in [0.1, 0.15) is 6.33 Å². The van der Waals surface area contributed by atoms with E-state index in [0.717, 1.165) is 6.33 Å². The third-order valence-corrected chi connectivity index (χ3v) is 1.32. The number of hydrogen-bond donors (Lipinski definition) is 1. The van der Waals surface area contributed by atoms with Crippen molar-refractivity contribution >= 4 is 5.78 Å². The Bertz CT molecular complexity index is 312. The lowest BCUT2D eigenvalue weighted by Crippen LogP contribution is -2.00. The lowest BCUT2D eigenvalue weighted by molar-refractivity contribution is 0.100. The topological polar surface area (TPSA) is 72.3 Å². The van der Waals surface area contributed by atoms with Crippen molar-refractivity contribution in [1.82, 2.24) is 9.97 Å². The maximum absolute atomic E-state index is 10.8. The van der Waals surface area contributed by atoms with Crippen LogP contribution in [0, 0.1) is 0 Å². The average Bonchev–Trinajstić information content (AvgIpc) is 2.04. The van der Waals surface area contributed by atoms with E-state index in [-0.39, 0.29) is 23.1 Å². The highest BCUT2D eigenvalue weighted by Crippen LogP contribution is 2.24. The van der Waals surface area contributed by atoms with Gasteiger partial charge in [-0.1, -0.05) is 0 Å². The van der Waals surface area contributed by atoms with Crippen molar-refractivity contribution in [1.29, 1.82) is 0 Å². The Kier molecular flexibility index (Phi) is 2.23. The van der Waals surface area contributed by atoms with Crippen molar-refractivity contribution in [2.45, 2.75) is 6.92 Å². The minimum Gasteiger partial charge on any atom is -0.502 e. The highest BCUT2D eigenvalue weighted by Gasteiger charge is 2.13. The summed E-state index contributed by atoms with van der Waals surface area (Å²) in [5.74, 6) is -0.629. The number of aromatic nitrogens is 2. The SMILES string of the molecule is COc1ncnc(C(C)=O)c1O. The van der Waals surface area contributed by atoms with Gasteiger partial charge in [-0.2, -0.15) is 4.98 Å². The fourth-order valence-corrected chi connectivity index (χ4v) is 0.770. The molecule has 64 valence electrons. The molecule has 1 rings (SSSR count). The molecule has 0 saturated carbocycles. The van der Waals surface area contributed by atoms with Gasteiger partial charge in [0, 0.05) is 6.92 Å². The van der Waals surface area contributed by atoms with E-state index < -0.39 is 0 Å². The van der Waals surface area contributed by atoms with Gasteiger partial charge >= 0.3 is 0 Å². The van der Waals surface area contributed by atoms with E-state index in [0.29, 0.717) is 0 Å². The van der Waals surface area contributed by atoms with Crippen LogP contribution < -0.4 is 4.74 Å². The molecule has 1 aromatic rings. The Balaban J connectivity index is 3.23. The third-order valence-electron chi connectivity index (χ3n) is 1.32. The number of carbonyl (C=O) groups is 1. The van der Waals surface area contributed by atoms with Crippen LogP contribution in [0.25, 0.3) is 0 Å². The summed E-state index contributed by atoms with van der Waals surface area (Å²) >= 11 is 0. The van der Waals surface area contributed by atoms with Gasteiger partial charge in [-0.3, -0.25) is 4.79 Å². The van der Waals surface area contributed by atoms with Crippen molar-refractivity contribution in [3.63, 3.8) is 0 Å². The number of ether oxygens (including phenoxy) is 1. The maximum atomic E-state index is 10.8. The van der Waals surface area contributed by atoms with Gasteiger partial charge in [0.05, 0.1) is 7.11 Å². The summed E-state index contributed by atoms with van der Waals surface area (Å²) in [5.41, 5.74) is -0.0261. The molecule has 1 aromatic heterocycles. The first-order valence-electron chi connectivity index (χ1n) is 3.25. The van der Waals surface area contributed by atoms with Gasteiger partial charge in [0.2, 0.25) is 5.75 Å². The smallest absolute Gasteiger partial charge is 0.260 e. The molecule has 0 aliphatic rings. The Hall–Kier alpha value is -1.65. The second kappa shape index (κ2) is 3.17. The van der Waals surface area contributed by atoms with Crippen LogP contribution in [0.3, 0.4) is 0 Å². The van der Waals surface area contributed by atoms with E-state index in [1.807, 2.05) is 0 Å². The van der Waals surface area contributed by atoms with Crippen molar-refractivity contribution in [3.8, 4) is 11.6 Å². The standard InChI is InChI=1S/C7H8N2O3/c1-4(10)5-6(11)7(12-2)9-3-8-5/h3,11H,1-2H3. The third kappa shape index (κ3) is 1.34. The Morgan fingerprint density at radius 2 is 2.25 bits per heavy atom. The van der Waals surface area contributed by atoms with Crippen LogP contribution in [-0.4, -0.2) is 28.0 Å². The second-order valence-corrected chi connectivity index (χ2v) is 2.14. The molecule has 0 spiro atoms. The zero-order valence-corrected chi connectivity index (χ0v) is 6.74. The van der Waals surface area contributed by atoms with Crippen LogP contribution in [0.5, 0.6) is 11.6 Å². The molecule has 12 heavy (non-hydrogen) atoms.